The molecule has 2 aromatic heterocycles. The number of nitrogens with zero attached hydrogens (tertiary/aromatic N) is 4. The maximum atomic E-state index is 12.7. The minimum absolute atomic E-state index is 0.0186. The van der Waals surface area contributed by atoms with Gasteiger partial charge in [0.15, 0.2) is 17.7 Å². The van der Waals surface area contributed by atoms with E-state index in [1.54, 1.807) is 0 Å². The van der Waals surface area contributed by atoms with E-state index in [0.29, 0.717) is 6.42 Å². The Kier molecular flexibility index (Phi) is 17.7. The smallest absolute Gasteiger partial charge is 0.481 e. The number of aliphatic hydroxyl groups excluding tert-OH is 3. The van der Waals surface area contributed by atoms with Gasteiger partial charge in [-0.2, -0.15) is 4.31 Å². The molecule has 7 atom stereocenters. The molecule has 3 rings (SSSR count). The third-order valence-electron chi connectivity index (χ3n) is 7.82. The molecular weight excluding hydrogens is 847 g/mol. The van der Waals surface area contributed by atoms with Crippen molar-refractivity contribution < 1.29 is 85.6 Å². The van der Waals surface area contributed by atoms with Crippen LogP contribution in [0, 0.1) is 5.41 Å². The van der Waals surface area contributed by atoms with Gasteiger partial charge in [-0.3, -0.25) is 32.5 Å². The summed E-state index contributed by atoms with van der Waals surface area (Å²) in [7, 11) is -16.4. The quantitative estimate of drug-likeness (QED) is 0.0310. The van der Waals surface area contributed by atoms with Crippen LogP contribution < -0.4 is 16.4 Å². The van der Waals surface area contributed by atoms with Crippen molar-refractivity contribution in [2.45, 2.75) is 77.1 Å². The van der Waals surface area contributed by atoms with E-state index in [1.807, 2.05) is 6.92 Å². The monoisotopic (exact) mass is 893 g/mol. The van der Waals surface area contributed by atoms with Gasteiger partial charge in [-0.15, -0.1) is 0 Å². The van der Waals surface area contributed by atoms with Crippen LogP contribution in [0.25, 0.3) is 11.2 Å². The zero-order valence-electron chi connectivity index (χ0n) is 30.7. The van der Waals surface area contributed by atoms with Gasteiger partial charge in [0.2, 0.25) is 16.9 Å². The van der Waals surface area contributed by atoms with Crippen LogP contribution in [-0.2, 0) is 50.7 Å². The molecule has 11 N–H and O–H groups in total. The first kappa shape index (κ1) is 48.5. The van der Waals surface area contributed by atoms with Crippen LogP contribution in [0.3, 0.4) is 0 Å². The van der Waals surface area contributed by atoms with Gasteiger partial charge in [-0.25, -0.2) is 28.6 Å². The van der Waals surface area contributed by atoms with Crippen molar-refractivity contribution in [1.82, 2.24) is 30.2 Å². The van der Waals surface area contributed by atoms with E-state index in [-0.39, 0.29) is 53.1 Å². The number of nitrogen functional groups attached to an aromatic ring is 1. The van der Waals surface area contributed by atoms with Crippen LogP contribution in [0.1, 0.15) is 52.7 Å². The molecular formula is C28H46N7O18P3S. The van der Waals surface area contributed by atoms with Gasteiger partial charge in [0, 0.05) is 43.2 Å². The first-order valence-corrected chi connectivity index (χ1v) is 22.4. The number of unbranched alkanes of at least 4 members (excludes halogenated alkanes) is 1. The van der Waals surface area contributed by atoms with Gasteiger partial charge in [-0.05, 0) is 6.42 Å². The highest BCUT2D eigenvalue weighted by Crippen LogP contribution is 2.61. The summed E-state index contributed by atoms with van der Waals surface area (Å²) in [6.45, 7) is 2.27. The van der Waals surface area contributed by atoms with E-state index in [9.17, 15) is 63.0 Å². The summed E-state index contributed by atoms with van der Waals surface area (Å²) >= 11 is 0.896. The van der Waals surface area contributed by atoms with Crippen molar-refractivity contribution in [1.29, 1.82) is 0 Å². The number of imidazole rings is 1. The minimum atomic E-state index is -5.58. The minimum Gasteiger partial charge on any atom is -0.512 e. The fraction of sp³-hybridized carbons (Fsp3) is 0.643. The lowest BCUT2D eigenvalue weighted by molar-refractivity contribution is -0.137. The molecule has 0 aliphatic carbocycles. The topological polar surface area (TPSA) is 384 Å². The summed E-state index contributed by atoms with van der Waals surface area (Å²) in [6.07, 6.45) is -3.89. The Morgan fingerprint density at radius 3 is 2.42 bits per heavy atom. The molecule has 3 heterocycles. The number of ether oxygens (including phenoxy) is 1. The van der Waals surface area contributed by atoms with Crippen molar-refractivity contribution in [3.63, 3.8) is 0 Å². The van der Waals surface area contributed by atoms with Gasteiger partial charge < -0.3 is 56.0 Å². The van der Waals surface area contributed by atoms with E-state index < -0.39 is 84.6 Å². The molecule has 322 valence electrons. The fourth-order valence-electron chi connectivity index (χ4n) is 4.89. The summed E-state index contributed by atoms with van der Waals surface area (Å²) in [5, 5.41) is 35.6. The lowest BCUT2D eigenvalue weighted by atomic mass is 9.87. The van der Waals surface area contributed by atoms with Gasteiger partial charge in [-0.1, -0.05) is 39.0 Å². The van der Waals surface area contributed by atoms with Gasteiger partial charge in [0.25, 0.3) is 0 Å². The molecule has 2 aromatic rings. The molecule has 0 saturated carbocycles. The van der Waals surface area contributed by atoms with Crippen molar-refractivity contribution in [2.75, 3.05) is 37.8 Å². The molecule has 1 aliphatic rings. The second-order valence-corrected chi connectivity index (χ2v) is 18.3. The van der Waals surface area contributed by atoms with Crippen LogP contribution in [0.15, 0.2) is 24.5 Å². The number of phosphoric acid groups is 3. The molecule has 1 fully saturated rings. The largest absolute Gasteiger partial charge is 0.512 e. The zero-order chi connectivity index (χ0) is 42.8. The number of fused-ring (bicyclic) bond motifs is 1. The number of amides is 2. The highest BCUT2D eigenvalue weighted by Gasteiger charge is 2.50. The number of thioether (sulfide) groups is 1. The zero-order valence-corrected chi connectivity index (χ0v) is 34.2. The summed E-state index contributed by atoms with van der Waals surface area (Å²) in [6, 6.07) is 0. The predicted molar refractivity (Wildman–Crippen MR) is 197 cm³/mol. The van der Waals surface area contributed by atoms with E-state index in [1.165, 1.54) is 13.8 Å². The van der Waals surface area contributed by atoms with Crippen LogP contribution >= 0.6 is 35.2 Å². The number of nitrogens with one attached hydrogen (secondary N) is 2. The molecule has 0 radical (unpaired) electrons. The highest BCUT2D eigenvalue weighted by molar-refractivity contribution is 8.14. The number of aliphatic hydroxyl groups is 3. The molecule has 25 nitrogen and oxygen atoms in total. The van der Waals surface area contributed by atoms with Crippen molar-refractivity contribution >= 4 is 69.1 Å². The molecule has 1 saturated heterocycles. The molecule has 0 spiro atoms. The summed E-state index contributed by atoms with van der Waals surface area (Å²) < 4.78 is 62.1. The number of rotatable bonds is 23. The number of aromatic nitrogens is 4. The number of hydrogen-bond acceptors (Lipinski definition) is 19. The predicted octanol–water partition coefficient (Wildman–Crippen LogP) is 0.297. The second-order valence-electron chi connectivity index (χ2n) is 13.0. The van der Waals surface area contributed by atoms with Crippen LogP contribution in [0.5, 0.6) is 0 Å². The number of carbonyl (C=O) groups excluding carboxylic acids is 3. The fourth-order valence-corrected chi connectivity index (χ4v) is 8.34. The summed E-state index contributed by atoms with van der Waals surface area (Å²) in [5.74, 6) is -1.32. The van der Waals surface area contributed by atoms with Gasteiger partial charge >= 0.3 is 23.5 Å². The Balaban J connectivity index is 1.47. The Morgan fingerprint density at radius 1 is 1.07 bits per heavy atom. The van der Waals surface area contributed by atoms with E-state index in [4.69, 9.17) is 19.5 Å². The molecule has 1 aliphatic heterocycles. The normalized spacial score (nSPS) is 21.8. The Morgan fingerprint density at radius 2 is 1.75 bits per heavy atom. The molecule has 0 bridgehead atoms. The SMILES string of the molecule is CCCCC(O)=CC(=O)SCCNC(=O)CCNC(=O)[C@H](O)C(C)(C)COP(=O)(O)OP(=O)(O)OC[C@H]1O[C@@H](n2cnc3c(N)ncnc32)[C@H](O)[C@@H]1OP(=O)(O)O. The van der Waals surface area contributed by atoms with E-state index >= 15 is 0 Å². The van der Waals surface area contributed by atoms with Crippen molar-refractivity contribution in [3.05, 3.63) is 24.5 Å². The van der Waals surface area contributed by atoms with Crippen LogP contribution in [0.4, 0.5) is 5.82 Å². The molecule has 0 aromatic carbocycles. The van der Waals surface area contributed by atoms with Crippen molar-refractivity contribution in [3.8, 4) is 0 Å². The highest BCUT2D eigenvalue weighted by atomic mass is 32.2. The van der Waals surface area contributed by atoms with E-state index in [2.05, 4.69) is 34.4 Å². The average molecular weight is 894 g/mol. The first-order valence-electron chi connectivity index (χ1n) is 16.9. The number of carbonyl (C=O) groups is 3. The number of allylic oxidation sites excluding steroid dienone is 1. The standard InChI is InChI=1S/C28H46N7O18P3S/c1-4-5-6-16(36)11-19(38)57-10-9-30-18(37)7-8-31-26(41)23(40)28(2,3)13-50-56(47,48)53-55(45,46)49-12-17-22(52-54(42,43)44)21(39)27(51-17)35-15-34-20-24(29)32-14-33-25(20)35/h11,14-15,17,21-23,27,36,39-40H,4-10,12-13H2,1-3H3,(H,30,37)(H,31,41)(H,45,46)(H,47,48)(H2,29,32,33)(H2,42,43,44)/t17-,21-,22-,23+,27-/m1/s1. The first-order chi connectivity index (χ1) is 26.4. The lowest BCUT2D eigenvalue weighted by Crippen LogP contribution is -2.46. The van der Waals surface area contributed by atoms with Crippen molar-refractivity contribution in [2.24, 2.45) is 5.41 Å². The third kappa shape index (κ3) is 15.3. The molecule has 2 unspecified atom stereocenters. The number of phosphoric ester groups is 3. The summed E-state index contributed by atoms with van der Waals surface area (Å²) in [5.41, 5.74) is 4.23. The average Bonchev–Trinajstić information content (AvgIpc) is 3.67. The van der Waals surface area contributed by atoms with E-state index in [0.717, 1.165) is 47.9 Å². The number of hydrogen-bond donors (Lipinski definition) is 10. The van der Waals surface area contributed by atoms with Gasteiger partial charge in [0.05, 0.1) is 25.3 Å². The second kappa shape index (κ2) is 20.9. The number of anilines is 1. The molecule has 2 amide bonds. The maximum Gasteiger partial charge on any atom is 0.481 e. The van der Waals surface area contributed by atoms with Crippen LogP contribution in [0.2, 0.25) is 0 Å². The molecule has 29 heteroatoms. The number of nitrogens with two attached hydrogens (primary N) is 1. The van der Waals surface area contributed by atoms with Crippen LogP contribution in [-0.4, -0.2) is 128 Å². The Bertz CT molecular complexity index is 1900. The summed E-state index contributed by atoms with van der Waals surface area (Å²) in [4.78, 5) is 87.4. The maximum absolute atomic E-state index is 12.7. The lowest BCUT2D eigenvalue weighted by Gasteiger charge is -2.30. The third-order valence-corrected chi connectivity index (χ3v) is 11.7. The molecule has 57 heavy (non-hydrogen) atoms. The van der Waals surface area contributed by atoms with Gasteiger partial charge in [0.1, 0.15) is 36.3 Å². The Labute approximate surface area is 329 Å². The Hall–Kier alpha value is -2.90.